The Balaban J connectivity index is 2.29. The summed E-state index contributed by atoms with van der Waals surface area (Å²) in [5.74, 6) is 1.16. The average Bonchev–Trinajstić information content (AvgIpc) is 2.89. The van der Waals surface area contributed by atoms with Crippen LogP contribution < -0.4 is 5.32 Å². The highest BCUT2D eigenvalue weighted by molar-refractivity contribution is 4.91. The fraction of sp³-hybridized carbons (Fsp3) is 0.800. The summed E-state index contributed by atoms with van der Waals surface area (Å²) in [5, 5.41) is 12.9. The highest BCUT2D eigenvalue weighted by Gasteiger charge is 2.21. The Hall–Kier alpha value is -0.870. The fourth-order valence-corrected chi connectivity index (χ4v) is 2.31. The maximum Gasteiger partial charge on any atom is 0.108 e. The number of imidazole rings is 1. The summed E-state index contributed by atoms with van der Waals surface area (Å²) in [4.78, 5) is 4.33. The van der Waals surface area contributed by atoms with Gasteiger partial charge < -0.3 is 15.0 Å². The van der Waals surface area contributed by atoms with Crippen LogP contribution in [-0.2, 0) is 13.0 Å². The number of aryl methyl sites for hydroxylation is 2. The molecule has 1 heterocycles. The van der Waals surface area contributed by atoms with Crippen molar-refractivity contribution in [2.45, 2.75) is 65.0 Å². The van der Waals surface area contributed by atoms with E-state index >= 15 is 0 Å². The highest BCUT2D eigenvalue weighted by atomic mass is 16.3. The molecule has 0 spiro atoms. The van der Waals surface area contributed by atoms with Crippen LogP contribution in [-0.4, -0.2) is 33.3 Å². The molecule has 0 fully saturated rings. The lowest BCUT2D eigenvalue weighted by Gasteiger charge is -2.29. The predicted molar refractivity (Wildman–Crippen MR) is 79.2 cm³/mol. The summed E-state index contributed by atoms with van der Waals surface area (Å²) in [6.45, 7) is 8.60. The van der Waals surface area contributed by atoms with E-state index in [1.807, 2.05) is 6.20 Å². The number of aromatic nitrogens is 2. The smallest absolute Gasteiger partial charge is 0.108 e. The summed E-state index contributed by atoms with van der Waals surface area (Å²) in [7, 11) is 0. The Bertz CT molecular complexity index is 351. The van der Waals surface area contributed by atoms with Crippen LogP contribution in [0.15, 0.2) is 12.4 Å². The van der Waals surface area contributed by atoms with Gasteiger partial charge in [0.05, 0.1) is 6.61 Å². The van der Waals surface area contributed by atoms with E-state index < -0.39 is 0 Å². The molecule has 0 saturated carbocycles. The summed E-state index contributed by atoms with van der Waals surface area (Å²) in [6.07, 6.45) is 9.28. The standard InChI is InChI=1S/C15H29N3O/c1-4-9-17-15(3,13-19)8-6-7-11-18-12-10-16-14(18)5-2/h10,12,17,19H,4-9,11,13H2,1-3H3. The monoisotopic (exact) mass is 267 g/mol. The van der Waals surface area contributed by atoms with Crippen LogP contribution in [0.4, 0.5) is 0 Å². The van der Waals surface area contributed by atoms with Crippen LogP contribution in [0, 0.1) is 0 Å². The van der Waals surface area contributed by atoms with E-state index in [0.717, 1.165) is 51.0 Å². The van der Waals surface area contributed by atoms with Gasteiger partial charge in [-0.25, -0.2) is 4.98 Å². The van der Waals surface area contributed by atoms with Crippen molar-refractivity contribution in [3.8, 4) is 0 Å². The van der Waals surface area contributed by atoms with Crippen LogP contribution >= 0.6 is 0 Å². The van der Waals surface area contributed by atoms with Gasteiger partial charge in [-0.05, 0) is 39.2 Å². The van der Waals surface area contributed by atoms with Gasteiger partial charge in [0.15, 0.2) is 0 Å². The first-order chi connectivity index (χ1) is 9.15. The van der Waals surface area contributed by atoms with E-state index in [4.69, 9.17) is 0 Å². The molecule has 0 aromatic carbocycles. The Morgan fingerprint density at radius 1 is 1.37 bits per heavy atom. The second-order valence-electron chi connectivity index (χ2n) is 5.49. The second-order valence-corrected chi connectivity index (χ2v) is 5.49. The van der Waals surface area contributed by atoms with Gasteiger partial charge in [-0.2, -0.15) is 0 Å². The molecule has 1 aromatic rings. The minimum atomic E-state index is -0.126. The number of hydrogen-bond donors (Lipinski definition) is 2. The summed E-state index contributed by atoms with van der Waals surface area (Å²) in [5.41, 5.74) is -0.126. The number of aliphatic hydroxyl groups is 1. The molecule has 1 unspecified atom stereocenters. The lowest BCUT2D eigenvalue weighted by Crippen LogP contribution is -2.46. The molecule has 1 rings (SSSR count). The van der Waals surface area contributed by atoms with Crippen molar-refractivity contribution in [1.82, 2.24) is 14.9 Å². The minimum absolute atomic E-state index is 0.126. The summed E-state index contributed by atoms with van der Waals surface area (Å²) >= 11 is 0. The topological polar surface area (TPSA) is 50.1 Å². The zero-order valence-electron chi connectivity index (χ0n) is 12.7. The normalized spacial score (nSPS) is 14.5. The van der Waals surface area contributed by atoms with E-state index in [9.17, 15) is 5.11 Å². The first kappa shape index (κ1) is 16.2. The maximum atomic E-state index is 9.50. The van der Waals surface area contributed by atoms with E-state index in [0.29, 0.717) is 0 Å². The van der Waals surface area contributed by atoms with Crippen molar-refractivity contribution in [2.75, 3.05) is 13.2 Å². The van der Waals surface area contributed by atoms with Crippen molar-refractivity contribution in [3.05, 3.63) is 18.2 Å². The van der Waals surface area contributed by atoms with Crippen molar-refractivity contribution < 1.29 is 5.11 Å². The summed E-state index contributed by atoms with van der Waals surface area (Å²) < 4.78 is 2.23. The van der Waals surface area contributed by atoms with Gasteiger partial charge in [-0.1, -0.05) is 13.8 Å². The van der Waals surface area contributed by atoms with Crippen LogP contribution in [0.5, 0.6) is 0 Å². The Labute approximate surface area is 117 Å². The molecular formula is C15H29N3O. The predicted octanol–water partition coefficient (Wildman–Crippen LogP) is 2.37. The van der Waals surface area contributed by atoms with Gasteiger partial charge in [-0.3, -0.25) is 0 Å². The van der Waals surface area contributed by atoms with E-state index in [1.54, 1.807) is 0 Å². The molecule has 0 amide bonds. The van der Waals surface area contributed by atoms with Gasteiger partial charge in [0.2, 0.25) is 0 Å². The first-order valence-electron chi connectivity index (χ1n) is 7.51. The van der Waals surface area contributed by atoms with E-state index in [2.05, 4.69) is 41.8 Å². The van der Waals surface area contributed by atoms with Gasteiger partial charge in [-0.15, -0.1) is 0 Å². The fourth-order valence-electron chi connectivity index (χ4n) is 2.31. The molecule has 0 saturated heterocycles. The molecule has 1 atom stereocenters. The Kier molecular flexibility index (Phi) is 7.10. The maximum absolute atomic E-state index is 9.50. The third-order valence-corrected chi connectivity index (χ3v) is 3.65. The van der Waals surface area contributed by atoms with Gasteiger partial charge in [0.1, 0.15) is 5.82 Å². The van der Waals surface area contributed by atoms with Crippen molar-refractivity contribution in [1.29, 1.82) is 0 Å². The molecule has 4 heteroatoms. The number of rotatable bonds is 10. The molecule has 110 valence electrons. The first-order valence-corrected chi connectivity index (χ1v) is 7.51. The molecule has 0 bridgehead atoms. The quantitative estimate of drug-likeness (QED) is 0.640. The Morgan fingerprint density at radius 2 is 2.16 bits per heavy atom. The third-order valence-electron chi connectivity index (χ3n) is 3.65. The van der Waals surface area contributed by atoms with Gasteiger partial charge in [0, 0.05) is 30.9 Å². The number of nitrogens with zero attached hydrogens (tertiary/aromatic N) is 2. The zero-order chi connectivity index (χ0) is 14.1. The molecule has 0 aliphatic rings. The van der Waals surface area contributed by atoms with Crippen LogP contribution in [0.25, 0.3) is 0 Å². The third kappa shape index (κ3) is 5.33. The van der Waals surface area contributed by atoms with Crippen molar-refractivity contribution in [3.63, 3.8) is 0 Å². The number of hydrogen-bond acceptors (Lipinski definition) is 3. The number of nitrogens with one attached hydrogen (secondary N) is 1. The van der Waals surface area contributed by atoms with Crippen LogP contribution in [0.1, 0.15) is 52.3 Å². The number of aliphatic hydroxyl groups excluding tert-OH is 1. The molecule has 2 N–H and O–H groups in total. The second kappa shape index (κ2) is 8.33. The molecule has 0 radical (unpaired) electrons. The van der Waals surface area contributed by atoms with Gasteiger partial charge in [0.25, 0.3) is 0 Å². The van der Waals surface area contributed by atoms with Gasteiger partial charge >= 0.3 is 0 Å². The molecule has 4 nitrogen and oxygen atoms in total. The van der Waals surface area contributed by atoms with Crippen molar-refractivity contribution in [2.24, 2.45) is 0 Å². The highest BCUT2D eigenvalue weighted by Crippen LogP contribution is 2.14. The molecule has 1 aromatic heterocycles. The number of unbranched alkanes of at least 4 members (excludes halogenated alkanes) is 1. The Morgan fingerprint density at radius 3 is 2.79 bits per heavy atom. The van der Waals surface area contributed by atoms with Crippen LogP contribution in [0.2, 0.25) is 0 Å². The lowest BCUT2D eigenvalue weighted by atomic mass is 9.95. The summed E-state index contributed by atoms with van der Waals surface area (Å²) in [6, 6.07) is 0. The van der Waals surface area contributed by atoms with Crippen LogP contribution in [0.3, 0.4) is 0 Å². The SMILES string of the molecule is CCCNC(C)(CO)CCCCn1ccnc1CC. The van der Waals surface area contributed by atoms with Crippen molar-refractivity contribution >= 4 is 0 Å². The average molecular weight is 267 g/mol. The molecular weight excluding hydrogens is 238 g/mol. The lowest BCUT2D eigenvalue weighted by molar-refractivity contribution is 0.162. The van der Waals surface area contributed by atoms with E-state index in [1.165, 1.54) is 0 Å². The minimum Gasteiger partial charge on any atom is -0.394 e. The zero-order valence-corrected chi connectivity index (χ0v) is 12.7. The molecule has 19 heavy (non-hydrogen) atoms. The largest absolute Gasteiger partial charge is 0.394 e. The molecule has 0 aliphatic carbocycles. The molecule has 0 aliphatic heterocycles. The van der Waals surface area contributed by atoms with E-state index in [-0.39, 0.29) is 12.1 Å².